The molecule has 0 saturated heterocycles. The maximum absolute atomic E-state index is 12.9. The second-order valence-corrected chi connectivity index (χ2v) is 5.52. The van der Waals surface area contributed by atoms with Crippen LogP contribution in [0.3, 0.4) is 0 Å². The number of urea groups is 1. The number of rotatable bonds is 3. The molecule has 1 aromatic carbocycles. The fraction of sp³-hybridized carbons (Fsp3) is 0.188. The number of carbonyl (C=O) groups excluding carboxylic acids is 1. The number of hydrogen-bond donors (Lipinski definition) is 2. The van der Waals surface area contributed by atoms with Gasteiger partial charge in [0, 0.05) is 17.8 Å². The zero-order chi connectivity index (χ0) is 15.8. The van der Waals surface area contributed by atoms with Crippen molar-refractivity contribution >= 4 is 23.1 Å². The Balaban J connectivity index is 1.54. The normalized spacial score (nSPS) is 14.0. The van der Waals surface area contributed by atoms with Crippen molar-refractivity contribution in [3.8, 4) is 0 Å². The van der Waals surface area contributed by atoms with Crippen LogP contribution in [-0.4, -0.2) is 20.6 Å². The minimum Gasteiger partial charge on any atom is -0.308 e. The first-order valence-electron chi connectivity index (χ1n) is 7.38. The van der Waals surface area contributed by atoms with Crippen LogP contribution < -0.4 is 10.6 Å². The van der Waals surface area contributed by atoms with E-state index in [9.17, 15) is 9.18 Å². The first kappa shape index (κ1) is 13.7. The highest BCUT2D eigenvalue weighted by atomic mass is 19.1. The van der Waals surface area contributed by atoms with E-state index in [4.69, 9.17) is 0 Å². The van der Waals surface area contributed by atoms with Crippen LogP contribution >= 0.6 is 0 Å². The Bertz CT molecular complexity index is 870. The number of anilines is 2. The quantitative estimate of drug-likeness (QED) is 0.779. The van der Waals surface area contributed by atoms with Gasteiger partial charge in [0.25, 0.3) is 0 Å². The molecule has 2 N–H and O–H groups in total. The first-order valence-corrected chi connectivity index (χ1v) is 7.38. The van der Waals surface area contributed by atoms with Gasteiger partial charge in [0.1, 0.15) is 5.82 Å². The molecule has 1 saturated carbocycles. The zero-order valence-corrected chi connectivity index (χ0v) is 12.2. The lowest BCUT2D eigenvalue weighted by Gasteiger charge is -2.08. The van der Waals surface area contributed by atoms with Crippen LogP contribution in [0.2, 0.25) is 0 Å². The van der Waals surface area contributed by atoms with E-state index in [1.165, 1.54) is 24.3 Å². The lowest BCUT2D eigenvalue weighted by Crippen LogP contribution is -2.19. The summed E-state index contributed by atoms with van der Waals surface area (Å²) in [6.45, 7) is 0. The molecule has 6 nitrogen and oxygen atoms in total. The fourth-order valence-corrected chi connectivity index (χ4v) is 2.35. The van der Waals surface area contributed by atoms with Crippen LogP contribution in [0.5, 0.6) is 0 Å². The molecule has 0 atom stereocenters. The van der Waals surface area contributed by atoms with E-state index in [-0.39, 0.29) is 5.82 Å². The minimum atomic E-state index is -0.416. The molecule has 0 bridgehead atoms. The number of amides is 2. The summed E-state index contributed by atoms with van der Waals surface area (Å²) in [6.07, 6.45) is 4.03. The summed E-state index contributed by atoms with van der Waals surface area (Å²) in [5.74, 6) is 0.908. The summed E-state index contributed by atoms with van der Waals surface area (Å²) >= 11 is 0. The third kappa shape index (κ3) is 2.85. The number of benzene rings is 1. The molecule has 2 amide bonds. The Kier molecular flexibility index (Phi) is 3.18. The van der Waals surface area contributed by atoms with Crippen LogP contribution in [0.4, 0.5) is 20.6 Å². The number of carbonyl (C=O) groups is 1. The lowest BCUT2D eigenvalue weighted by atomic mass is 10.3. The van der Waals surface area contributed by atoms with E-state index < -0.39 is 6.03 Å². The lowest BCUT2D eigenvalue weighted by molar-refractivity contribution is 0.262. The summed E-state index contributed by atoms with van der Waals surface area (Å²) < 4.78 is 14.5. The van der Waals surface area contributed by atoms with Crippen molar-refractivity contribution in [1.82, 2.24) is 14.6 Å². The Labute approximate surface area is 131 Å². The van der Waals surface area contributed by atoms with Crippen LogP contribution in [0.15, 0.2) is 42.6 Å². The highest BCUT2D eigenvalue weighted by Crippen LogP contribution is 2.38. The SMILES string of the molecule is O=C(Nc1ccc(F)cc1)Nc1cccn2nc(C3CC3)nc12. The van der Waals surface area contributed by atoms with E-state index in [0.717, 1.165) is 18.7 Å². The topological polar surface area (TPSA) is 71.3 Å². The van der Waals surface area contributed by atoms with Crippen LogP contribution in [0, 0.1) is 5.82 Å². The summed E-state index contributed by atoms with van der Waals surface area (Å²) in [5, 5.41) is 9.83. The monoisotopic (exact) mass is 311 g/mol. The summed E-state index contributed by atoms with van der Waals surface area (Å²) in [6, 6.07) is 8.72. The third-order valence-corrected chi connectivity index (χ3v) is 3.67. The Morgan fingerprint density at radius 3 is 2.70 bits per heavy atom. The molecule has 2 aromatic heterocycles. The molecule has 3 aromatic rings. The maximum Gasteiger partial charge on any atom is 0.323 e. The molecule has 0 aliphatic heterocycles. The van der Waals surface area contributed by atoms with Gasteiger partial charge in [-0.05, 0) is 49.2 Å². The summed E-state index contributed by atoms with van der Waals surface area (Å²) in [4.78, 5) is 16.6. The molecule has 1 fully saturated rings. The van der Waals surface area contributed by atoms with Crippen molar-refractivity contribution in [2.75, 3.05) is 10.6 Å². The number of halogens is 1. The molecule has 4 rings (SSSR count). The number of pyridine rings is 1. The second kappa shape index (κ2) is 5.35. The van der Waals surface area contributed by atoms with E-state index in [1.807, 2.05) is 0 Å². The number of nitrogens with one attached hydrogen (secondary N) is 2. The van der Waals surface area contributed by atoms with Crippen molar-refractivity contribution in [3.63, 3.8) is 0 Å². The van der Waals surface area contributed by atoms with Crippen molar-refractivity contribution in [3.05, 3.63) is 54.2 Å². The van der Waals surface area contributed by atoms with Gasteiger partial charge in [-0.25, -0.2) is 18.7 Å². The van der Waals surface area contributed by atoms with Gasteiger partial charge < -0.3 is 10.6 Å². The van der Waals surface area contributed by atoms with Gasteiger partial charge in [-0.3, -0.25) is 0 Å². The van der Waals surface area contributed by atoms with Gasteiger partial charge in [0.05, 0.1) is 5.69 Å². The average molecular weight is 311 g/mol. The molecule has 2 heterocycles. The largest absolute Gasteiger partial charge is 0.323 e. The summed E-state index contributed by atoms with van der Waals surface area (Å²) in [7, 11) is 0. The zero-order valence-electron chi connectivity index (χ0n) is 12.2. The molecule has 0 unspecified atom stereocenters. The molecule has 1 aliphatic rings. The molecule has 23 heavy (non-hydrogen) atoms. The van der Waals surface area contributed by atoms with Crippen molar-refractivity contribution in [2.45, 2.75) is 18.8 Å². The first-order chi connectivity index (χ1) is 11.2. The van der Waals surface area contributed by atoms with Crippen molar-refractivity contribution < 1.29 is 9.18 Å². The van der Waals surface area contributed by atoms with E-state index in [1.54, 1.807) is 22.8 Å². The van der Waals surface area contributed by atoms with E-state index in [0.29, 0.717) is 22.9 Å². The van der Waals surface area contributed by atoms with Gasteiger partial charge >= 0.3 is 6.03 Å². The molecule has 7 heteroatoms. The van der Waals surface area contributed by atoms with Gasteiger partial charge in [-0.2, -0.15) is 5.10 Å². The highest BCUT2D eigenvalue weighted by Gasteiger charge is 2.28. The molecular weight excluding hydrogens is 297 g/mol. The third-order valence-electron chi connectivity index (χ3n) is 3.67. The van der Waals surface area contributed by atoms with Gasteiger partial charge in [0.2, 0.25) is 0 Å². The van der Waals surface area contributed by atoms with Crippen molar-refractivity contribution in [2.24, 2.45) is 0 Å². The van der Waals surface area contributed by atoms with E-state index >= 15 is 0 Å². The molecule has 116 valence electrons. The molecule has 0 radical (unpaired) electrons. The van der Waals surface area contributed by atoms with Crippen LogP contribution in [0.25, 0.3) is 5.65 Å². The predicted molar refractivity (Wildman–Crippen MR) is 84.0 cm³/mol. The average Bonchev–Trinajstić information content (AvgIpc) is 3.29. The smallest absolute Gasteiger partial charge is 0.308 e. The summed E-state index contributed by atoms with van der Waals surface area (Å²) in [5.41, 5.74) is 1.70. The minimum absolute atomic E-state index is 0.350. The van der Waals surface area contributed by atoms with Gasteiger partial charge in [-0.1, -0.05) is 0 Å². The standard InChI is InChI=1S/C16H14FN5O/c17-11-5-7-12(8-6-11)18-16(23)19-13-2-1-9-22-15(13)20-14(21-22)10-3-4-10/h1-2,5-10H,3-4H2,(H2,18,19,23). The van der Waals surface area contributed by atoms with Gasteiger partial charge in [0.15, 0.2) is 11.5 Å². The maximum atomic E-state index is 12.9. The number of fused-ring (bicyclic) bond motifs is 1. The number of hydrogen-bond acceptors (Lipinski definition) is 3. The molecule has 1 aliphatic carbocycles. The Hall–Kier alpha value is -2.96. The fourth-order valence-electron chi connectivity index (χ4n) is 2.35. The van der Waals surface area contributed by atoms with Crippen LogP contribution in [0.1, 0.15) is 24.6 Å². The number of nitrogens with zero attached hydrogens (tertiary/aromatic N) is 3. The Morgan fingerprint density at radius 2 is 1.96 bits per heavy atom. The van der Waals surface area contributed by atoms with Crippen LogP contribution in [-0.2, 0) is 0 Å². The molecule has 0 spiro atoms. The molecular formula is C16H14FN5O. The second-order valence-electron chi connectivity index (χ2n) is 5.52. The Morgan fingerprint density at radius 1 is 1.17 bits per heavy atom. The predicted octanol–water partition coefficient (Wildman–Crippen LogP) is 3.39. The van der Waals surface area contributed by atoms with Crippen molar-refractivity contribution in [1.29, 1.82) is 0 Å². The highest BCUT2D eigenvalue weighted by molar-refractivity contribution is 6.01. The number of aromatic nitrogens is 3. The van der Waals surface area contributed by atoms with E-state index in [2.05, 4.69) is 20.7 Å². The van der Waals surface area contributed by atoms with Gasteiger partial charge in [-0.15, -0.1) is 0 Å².